The van der Waals surface area contributed by atoms with Crippen LogP contribution in [0.4, 0.5) is 4.79 Å². The van der Waals surface area contributed by atoms with Crippen LogP contribution < -0.4 is 15.4 Å². The number of imide groups is 1. The molecule has 3 rings (SSSR count). The third-order valence-electron chi connectivity index (χ3n) is 5.83. The Hall–Kier alpha value is -3.59. The molecule has 1 saturated heterocycles. The number of carbonyl (C=O) groups excluding carboxylic acids is 4. The highest BCUT2D eigenvalue weighted by Gasteiger charge is 2.35. The lowest BCUT2D eigenvalue weighted by Crippen LogP contribution is -2.48. The van der Waals surface area contributed by atoms with Crippen LogP contribution in [0, 0.1) is 5.92 Å². The summed E-state index contributed by atoms with van der Waals surface area (Å²) in [7, 11) is 2.81. The van der Waals surface area contributed by atoms with Crippen molar-refractivity contribution in [1.82, 2.24) is 15.5 Å². The van der Waals surface area contributed by atoms with E-state index < -0.39 is 42.3 Å². The van der Waals surface area contributed by atoms with Gasteiger partial charge < -0.3 is 20.1 Å². The van der Waals surface area contributed by atoms with Gasteiger partial charge in [-0.1, -0.05) is 30.7 Å². The van der Waals surface area contributed by atoms with Gasteiger partial charge in [-0.05, 0) is 54.3 Å². The van der Waals surface area contributed by atoms with Crippen LogP contribution in [0.5, 0.6) is 5.75 Å². The van der Waals surface area contributed by atoms with Gasteiger partial charge in [0.25, 0.3) is 0 Å². The summed E-state index contributed by atoms with van der Waals surface area (Å²) in [4.78, 5) is 51.7. The molecule has 2 atom stereocenters. The Bertz CT molecular complexity index is 1120. The Balaban J connectivity index is 1.81. The molecule has 0 saturated carbocycles. The second-order valence-corrected chi connectivity index (χ2v) is 8.55. The summed E-state index contributed by atoms with van der Waals surface area (Å²) in [5, 5.41) is 6.01. The summed E-state index contributed by atoms with van der Waals surface area (Å²) in [6, 6.07) is 10.6. The number of benzene rings is 2. The predicted octanol–water partition coefficient (Wildman–Crippen LogP) is 3.11. The van der Waals surface area contributed by atoms with E-state index >= 15 is 0 Å². The fraction of sp³-hybridized carbons (Fsp3) is 0.360. The molecule has 35 heavy (non-hydrogen) atoms. The first-order chi connectivity index (χ1) is 16.8. The third kappa shape index (κ3) is 6.30. The lowest BCUT2D eigenvalue weighted by atomic mass is 9.97. The molecule has 9 nitrogen and oxygen atoms in total. The average Bonchev–Trinajstić information content (AvgIpc) is 3.00. The molecule has 1 unspecified atom stereocenters. The van der Waals surface area contributed by atoms with E-state index in [4.69, 9.17) is 21.1 Å². The highest BCUT2D eigenvalue weighted by molar-refractivity contribution is 6.30. The van der Waals surface area contributed by atoms with E-state index in [0.717, 1.165) is 4.90 Å². The molecule has 1 aliphatic heterocycles. The molecule has 0 aliphatic carbocycles. The summed E-state index contributed by atoms with van der Waals surface area (Å²) in [6.07, 6.45) is 0.721. The smallest absolute Gasteiger partial charge is 0.337 e. The SMILES string of the molecule is CC[C@@H](NC(=O)N1CC(=O)NCC(Cc2cc(Cl)ccc2OC)C1=O)c1cccc(C(=O)OC)c1. The molecule has 2 aromatic carbocycles. The minimum Gasteiger partial charge on any atom is -0.496 e. The van der Waals surface area contributed by atoms with E-state index in [1.54, 1.807) is 42.5 Å². The number of hydrogen-bond acceptors (Lipinski definition) is 6. The van der Waals surface area contributed by atoms with E-state index in [0.29, 0.717) is 33.9 Å². The van der Waals surface area contributed by atoms with Gasteiger partial charge in [0.2, 0.25) is 11.8 Å². The van der Waals surface area contributed by atoms with Gasteiger partial charge in [-0.2, -0.15) is 0 Å². The minimum absolute atomic E-state index is 0.0789. The first kappa shape index (κ1) is 26.0. The van der Waals surface area contributed by atoms with Gasteiger partial charge in [0.15, 0.2) is 0 Å². The van der Waals surface area contributed by atoms with Crippen LogP contribution in [-0.4, -0.2) is 56.0 Å². The van der Waals surface area contributed by atoms with Gasteiger partial charge in [0.05, 0.1) is 31.7 Å². The molecule has 1 heterocycles. The molecule has 2 N–H and O–H groups in total. The Morgan fingerprint density at radius 2 is 1.97 bits per heavy atom. The topological polar surface area (TPSA) is 114 Å². The monoisotopic (exact) mass is 501 g/mol. The second-order valence-electron chi connectivity index (χ2n) is 8.11. The number of halogens is 1. The Morgan fingerprint density at radius 3 is 2.66 bits per heavy atom. The van der Waals surface area contributed by atoms with Crippen molar-refractivity contribution in [3.63, 3.8) is 0 Å². The third-order valence-corrected chi connectivity index (χ3v) is 6.07. The van der Waals surface area contributed by atoms with Crippen LogP contribution in [0.2, 0.25) is 5.02 Å². The maximum absolute atomic E-state index is 13.3. The molecule has 0 radical (unpaired) electrons. The Labute approximate surface area is 208 Å². The zero-order valence-electron chi connectivity index (χ0n) is 19.8. The zero-order valence-corrected chi connectivity index (χ0v) is 20.6. The Morgan fingerprint density at radius 1 is 1.20 bits per heavy atom. The number of nitrogens with one attached hydrogen (secondary N) is 2. The number of rotatable bonds is 7. The molecule has 0 bridgehead atoms. The molecular weight excluding hydrogens is 474 g/mol. The van der Waals surface area contributed by atoms with Gasteiger partial charge in [-0.15, -0.1) is 0 Å². The van der Waals surface area contributed by atoms with Crippen molar-refractivity contribution in [3.05, 3.63) is 64.2 Å². The van der Waals surface area contributed by atoms with Crippen LogP contribution in [-0.2, 0) is 20.7 Å². The molecule has 0 aromatic heterocycles. The molecule has 10 heteroatoms. The first-order valence-corrected chi connectivity index (χ1v) is 11.5. The predicted molar refractivity (Wildman–Crippen MR) is 129 cm³/mol. The average molecular weight is 502 g/mol. The molecule has 0 spiro atoms. The number of urea groups is 1. The fourth-order valence-corrected chi connectivity index (χ4v) is 4.17. The molecule has 2 aromatic rings. The highest BCUT2D eigenvalue weighted by atomic mass is 35.5. The van der Waals surface area contributed by atoms with Crippen LogP contribution in [0.25, 0.3) is 0 Å². The highest BCUT2D eigenvalue weighted by Crippen LogP contribution is 2.26. The van der Waals surface area contributed by atoms with E-state index in [-0.39, 0.29) is 13.0 Å². The summed E-state index contributed by atoms with van der Waals surface area (Å²) in [5.41, 5.74) is 1.72. The minimum atomic E-state index is -0.692. The van der Waals surface area contributed by atoms with Crippen molar-refractivity contribution in [2.75, 3.05) is 27.3 Å². The second kappa shape index (κ2) is 11.7. The van der Waals surface area contributed by atoms with Crippen LogP contribution in [0.3, 0.4) is 0 Å². The Kier molecular flexibility index (Phi) is 8.70. The zero-order chi connectivity index (χ0) is 25.5. The maximum Gasteiger partial charge on any atom is 0.337 e. The van der Waals surface area contributed by atoms with Gasteiger partial charge in [0, 0.05) is 11.6 Å². The number of carbonyl (C=O) groups is 4. The van der Waals surface area contributed by atoms with Gasteiger partial charge >= 0.3 is 12.0 Å². The van der Waals surface area contributed by atoms with Crippen molar-refractivity contribution in [2.24, 2.45) is 5.92 Å². The molecule has 4 amide bonds. The fourth-order valence-electron chi connectivity index (χ4n) is 3.97. The van der Waals surface area contributed by atoms with Gasteiger partial charge in [0.1, 0.15) is 12.3 Å². The maximum atomic E-state index is 13.3. The lowest BCUT2D eigenvalue weighted by molar-refractivity contribution is -0.133. The van der Waals surface area contributed by atoms with Gasteiger partial charge in [-0.3, -0.25) is 14.5 Å². The number of hydrogen-bond donors (Lipinski definition) is 2. The lowest BCUT2D eigenvalue weighted by Gasteiger charge is -2.25. The molecular formula is C25H28ClN3O6. The standard InChI is InChI=1S/C25H28ClN3O6/c1-4-20(15-6-5-7-16(10-15)24(32)35-3)28-25(33)29-14-22(30)27-13-18(23(29)31)11-17-12-19(26)8-9-21(17)34-2/h5-10,12,18,20H,4,11,13-14H2,1-3H3,(H,27,30)(H,28,33)/t18?,20-/m1/s1. The summed E-state index contributed by atoms with van der Waals surface area (Å²) < 4.78 is 10.1. The number of ether oxygens (including phenoxy) is 2. The van der Waals surface area contributed by atoms with Crippen LogP contribution in [0.1, 0.15) is 40.9 Å². The first-order valence-electron chi connectivity index (χ1n) is 11.2. The van der Waals surface area contributed by atoms with Crippen LogP contribution in [0.15, 0.2) is 42.5 Å². The van der Waals surface area contributed by atoms with E-state index in [2.05, 4.69) is 10.6 Å². The molecule has 186 valence electrons. The summed E-state index contributed by atoms with van der Waals surface area (Å²) in [6.45, 7) is 1.54. The van der Waals surface area contributed by atoms with Crippen molar-refractivity contribution in [2.45, 2.75) is 25.8 Å². The summed E-state index contributed by atoms with van der Waals surface area (Å²) >= 11 is 6.12. The van der Waals surface area contributed by atoms with Crippen molar-refractivity contribution in [3.8, 4) is 5.75 Å². The van der Waals surface area contributed by atoms with E-state index in [1.165, 1.54) is 14.2 Å². The number of esters is 1. The van der Waals surface area contributed by atoms with E-state index in [9.17, 15) is 19.2 Å². The molecule has 1 aliphatic rings. The van der Waals surface area contributed by atoms with Gasteiger partial charge in [-0.25, -0.2) is 9.59 Å². The quantitative estimate of drug-likeness (QED) is 0.563. The van der Waals surface area contributed by atoms with Crippen molar-refractivity contribution in [1.29, 1.82) is 0 Å². The number of nitrogens with zero attached hydrogens (tertiary/aromatic N) is 1. The van der Waals surface area contributed by atoms with E-state index in [1.807, 2.05) is 6.92 Å². The normalized spacial score (nSPS) is 16.7. The summed E-state index contributed by atoms with van der Waals surface area (Å²) in [5.74, 6) is -1.55. The number of methoxy groups -OCH3 is 2. The van der Waals surface area contributed by atoms with Crippen molar-refractivity contribution < 1.29 is 28.7 Å². The van der Waals surface area contributed by atoms with Crippen molar-refractivity contribution >= 4 is 35.4 Å². The largest absolute Gasteiger partial charge is 0.496 e. The molecule has 1 fully saturated rings. The van der Waals surface area contributed by atoms with Crippen LogP contribution >= 0.6 is 11.6 Å². The number of amides is 4.